The molecule has 0 unspecified atom stereocenters. The van der Waals surface area contributed by atoms with Crippen LogP contribution in [0.4, 0.5) is 0 Å². The average molecular weight is 401 g/mol. The fourth-order valence-corrected chi connectivity index (χ4v) is 3.03. The van der Waals surface area contributed by atoms with E-state index < -0.39 is 21.8 Å². The van der Waals surface area contributed by atoms with E-state index in [0.29, 0.717) is 5.75 Å². The Morgan fingerprint density at radius 2 is 1.82 bits per heavy atom. The van der Waals surface area contributed by atoms with Gasteiger partial charge in [-0.05, 0) is 48.9 Å². The van der Waals surface area contributed by atoms with E-state index in [2.05, 4.69) is 21.5 Å². The second kappa shape index (κ2) is 9.55. The zero-order chi connectivity index (χ0) is 20.6. The molecule has 0 aromatic heterocycles. The predicted octanol–water partition coefficient (Wildman–Crippen LogP) is 0.747. The van der Waals surface area contributed by atoms with Gasteiger partial charge in [0.15, 0.2) is 6.61 Å². The molecule has 2 aromatic rings. The number of hydrogen-bond donors (Lipinski definition) is 3. The van der Waals surface area contributed by atoms with Crippen LogP contribution in [0.2, 0.25) is 0 Å². The lowest BCUT2D eigenvalue weighted by Crippen LogP contribution is -2.43. The van der Waals surface area contributed by atoms with Gasteiger partial charge >= 0.3 is 0 Å². The molecule has 0 bridgehead atoms. The van der Waals surface area contributed by atoms with E-state index in [9.17, 15) is 18.0 Å². The van der Waals surface area contributed by atoms with Crippen molar-refractivity contribution in [2.75, 3.05) is 13.2 Å². The van der Waals surface area contributed by atoms with Crippen molar-refractivity contribution in [1.82, 2.24) is 15.6 Å². The van der Waals surface area contributed by atoms with Crippen molar-refractivity contribution in [1.29, 1.82) is 0 Å². The van der Waals surface area contributed by atoms with Gasteiger partial charge in [-0.3, -0.25) is 20.4 Å². The summed E-state index contributed by atoms with van der Waals surface area (Å²) in [4.78, 5) is 23.8. The molecular formula is C19H19N3O5S. The number of sulfonamides is 1. The number of carbonyl (C=O) groups is 2. The number of carbonyl (C=O) groups excluding carboxylic acids is 2. The summed E-state index contributed by atoms with van der Waals surface area (Å²) in [5.41, 5.74) is 5.61. The molecule has 0 saturated carbocycles. The van der Waals surface area contributed by atoms with Crippen LogP contribution in [0.5, 0.6) is 5.75 Å². The highest BCUT2D eigenvalue weighted by Gasteiger charge is 2.14. The summed E-state index contributed by atoms with van der Waals surface area (Å²) in [5.74, 6) is 1.55. The molecule has 8 nitrogen and oxygen atoms in total. The first kappa shape index (κ1) is 21.0. The first-order valence-corrected chi connectivity index (χ1v) is 9.62. The van der Waals surface area contributed by atoms with Crippen LogP contribution in [-0.4, -0.2) is 33.4 Å². The van der Waals surface area contributed by atoms with Crippen molar-refractivity contribution in [3.05, 3.63) is 59.7 Å². The van der Waals surface area contributed by atoms with Crippen molar-refractivity contribution in [3.8, 4) is 18.1 Å². The maximum Gasteiger partial charge on any atom is 0.276 e. The fraction of sp³-hybridized carbons (Fsp3) is 0.158. The normalized spacial score (nSPS) is 10.6. The molecule has 3 N–H and O–H groups in total. The first-order valence-electron chi connectivity index (χ1n) is 8.13. The molecule has 0 saturated heterocycles. The van der Waals surface area contributed by atoms with Crippen LogP contribution in [0.3, 0.4) is 0 Å². The van der Waals surface area contributed by atoms with E-state index in [-0.39, 0.29) is 23.6 Å². The molecule has 0 atom stereocenters. The Balaban J connectivity index is 1.85. The summed E-state index contributed by atoms with van der Waals surface area (Å²) in [5, 5.41) is 0. The number of nitrogens with one attached hydrogen (secondary N) is 3. The van der Waals surface area contributed by atoms with Gasteiger partial charge in [-0.25, -0.2) is 8.42 Å². The summed E-state index contributed by atoms with van der Waals surface area (Å²) in [7, 11) is -3.74. The number of benzene rings is 2. The molecule has 0 fully saturated rings. The average Bonchev–Trinajstić information content (AvgIpc) is 2.69. The van der Waals surface area contributed by atoms with Crippen LogP contribution < -0.4 is 20.3 Å². The molecule has 28 heavy (non-hydrogen) atoms. The molecule has 0 aliphatic heterocycles. The molecule has 0 radical (unpaired) electrons. The zero-order valence-corrected chi connectivity index (χ0v) is 15.9. The van der Waals surface area contributed by atoms with Crippen molar-refractivity contribution in [2.24, 2.45) is 0 Å². The number of terminal acetylenes is 1. The predicted molar refractivity (Wildman–Crippen MR) is 103 cm³/mol. The van der Waals surface area contributed by atoms with E-state index in [1.54, 1.807) is 18.2 Å². The van der Waals surface area contributed by atoms with E-state index in [4.69, 9.17) is 11.2 Å². The number of hydrazine groups is 1. The third-order valence-electron chi connectivity index (χ3n) is 3.47. The zero-order valence-electron chi connectivity index (χ0n) is 15.1. The lowest BCUT2D eigenvalue weighted by atomic mass is 10.2. The minimum atomic E-state index is -3.74. The first-order chi connectivity index (χ1) is 13.3. The molecule has 9 heteroatoms. The van der Waals surface area contributed by atoms with Crippen LogP contribution in [0.1, 0.15) is 15.9 Å². The maximum absolute atomic E-state index is 12.0. The summed E-state index contributed by atoms with van der Waals surface area (Å²) in [6.07, 6.45) is 5.02. The molecular weight excluding hydrogens is 382 g/mol. The van der Waals surface area contributed by atoms with Gasteiger partial charge in [0.2, 0.25) is 10.0 Å². The van der Waals surface area contributed by atoms with Crippen LogP contribution in [0.25, 0.3) is 0 Å². The molecule has 0 aliphatic rings. The molecule has 0 heterocycles. The molecule has 0 spiro atoms. The SMILES string of the molecule is C#CCNS(=O)(=O)c1ccc(C(=O)NNC(=O)COc2cccc(C)c2)cc1. The van der Waals surface area contributed by atoms with E-state index in [1.807, 2.05) is 13.0 Å². The highest BCUT2D eigenvalue weighted by atomic mass is 32.2. The van der Waals surface area contributed by atoms with Gasteiger partial charge in [0.05, 0.1) is 11.4 Å². The Kier molecular flexibility index (Phi) is 7.14. The van der Waals surface area contributed by atoms with Gasteiger partial charge in [-0.15, -0.1) is 6.42 Å². The topological polar surface area (TPSA) is 114 Å². The minimum absolute atomic E-state index is 0.0325. The Labute approximate surface area is 163 Å². The summed E-state index contributed by atoms with van der Waals surface area (Å²) in [6, 6.07) is 12.3. The van der Waals surface area contributed by atoms with Crippen LogP contribution in [0, 0.1) is 19.3 Å². The van der Waals surface area contributed by atoms with Crippen LogP contribution >= 0.6 is 0 Å². The second-order valence-corrected chi connectivity index (χ2v) is 7.43. The summed E-state index contributed by atoms with van der Waals surface area (Å²) < 4.78 is 31.4. The quantitative estimate of drug-likeness (QED) is 0.468. The van der Waals surface area contributed by atoms with Crippen molar-refractivity contribution < 1.29 is 22.7 Å². The monoisotopic (exact) mass is 401 g/mol. The van der Waals surface area contributed by atoms with Gasteiger partial charge in [0.25, 0.3) is 11.8 Å². The lowest BCUT2D eigenvalue weighted by molar-refractivity contribution is -0.123. The highest BCUT2D eigenvalue weighted by Crippen LogP contribution is 2.12. The largest absolute Gasteiger partial charge is 0.484 e. The van der Waals surface area contributed by atoms with Gasteiger partial charge in [-0.2, -0.15) is 4.72 Å². The highest BCUT2D eigenvalue weighted by molar-refractivity contribution is 7.89. The number of ether oxygens (including phenoxy) is 1. The smallest absolute Gasteiger partial charge is 0.276 e. The lowest BCUT2D eigenvalue weighted by Gasteiger charge is -2.10. The molecule has 2 rings (SSSR count). The minimum Gasteiger partial charge on any atom is -0.484 e. The Morgan fingerprint density at radius 1 is 1.11 bits per heavy atom. The molecule has 146 valence electrons. The number of amides is 2. The number of rotatable bonds is 7. The Hall–Kier alpha value is -3.35. The van der Waals surface area contributed by atoms with Crippen LogP contribution in [0.15, 0.2) is 53.4 Å². The molecule has 2 aromatic carbocycles. The standard InChI is InChI=1S/C19H19N3O5S/c1-3-11-20-28(25,26)17-9-7-15(8-10-17)19(24)22-21-18(23)13-27-16-6-4-5-14(2)12-16/h1,4-10,12,20H,11,13H2,2H3,(H,21,23)(H,22,24). The third kappa shape index (κ3) is 6.12. The number of aryl methyl sites for hydroxylation is 1. The third-order valence-corrected chi connectivity index (χ3v) is 4.88. The summed E-state index contributed by atoms with van der Waals surface area (Å²) >= 11 is 0. The number of hydrogen-bond acceptors (Lipinski definition) is 5. The van der Waals surface area contributed by atoms with E-state index in [1.165, 1.54) is 24.3 Å². The Bertz CT molecular complexity index is 995. The van der Waals surface area contributed by atoms with Crippen molar-refractivity contribution in [3.63, 3.8) is 0 Å². The second-order valence-electron chi connectivity index (χ2n) is 5.66. The molecule has 2 amide bonds. The van der Waals surface area contributed by atoms with E-state index >= 15 is 0 Å². The van der Waals surface area contributed by atoms with Gasteiger partial charge in [0, 0.05) is 5.56 Å². The van der Waals surface area contributed by atoms with Gasteiger partial charge < -0.3 is 4.74 Å². The van der Waals surface area contributed by atoms with Crippen molar-refractivity contribution in [2.45, 2.75) is 11.8 Å². The van der Waals surface area contributed by atoms with Crippen LogP contribution in [-0.2, 0) is 14.8 Å². The van der Waals surface area contributed by atoms with Gasteiger partial charge in [-0.1, -0.05) is 18.1 Å². The van der Waals surface area contributed by atoms with Gasteiger partial charge in [0.1, 0.15) is 5.75 Å². The maximum atomic E-state index is 12.0. The summed E-state index contributed by atoms with van der Waals surface area (Å²) in [6.45, 7) is 1.48. The van der Waals surface area contributed by atoms with E-state index in [0.717, 1.165) is 5.56 Å². The fourth-order valence-electron chi connectivity index (χ4n) is 2.09. The molecule has 0 aliphatic carbocycles. The van der Waals surface area contributed by atoms with Crippen molar-refractivity contribution >= 4 is 21.8 Å². The Morgan fingerprint density at radius 3 is 2.46 bits per heavy atom.